The van der Waals surface area contributed by atoms with E-state index in [1.165, 1.54) is 7.05 Å². The summed E-state index contributed by atoms with van der Waals surface area (Å²) in [6.07, 6.45) is -3.46. The van der Waals surface area contributed by atoms with E-state index in [1.54, 1.807) is 7.11 Å². The van der Waals surface area contributed by atoms with E-state index in [4.69, 9.17) is 4.74 Å². The number of halogens is 3. The van der Waals surface area contributed by atoms with Gasteiger partial charge in [0.2, 0.25) is 0 Å². The molecule has 1 aliphatic rings. The van der Waals surface area contributed by atoms with Crippen molar-refractivity contribution < 1.29 is 22.7 Å². The smallest absolute Gasteiger partial charge is 0.375 e. The number of fused-ring (bicyclic) bond motifs is 1. The van der Waals surface area contributed by atoms with E-state index in [2.05, 4.69) is 15.7 Å². The van der Waals surface area contributed by atoms with Crippen molar-refractivity contribution in [2.75, 3.05) is 7.11 Å². The van der Waals surface area contributed by atoms with E-state index in [0.717, 1.165) is 22.0 Å². The normalized spacial score (nSPS) is 19.3. The van der Waals surface area contributed by atoms with Crippen molar-refractivity contribution in [2.45, 2.75) is 31.3 Å². The van der Waals surface area contributed by atoms with Crippen molar-refractivity contribution in [3.63, 3.8) is 0 Å². The molecule has 0 unspecified atom stereocenters. The number of rotatable bonds is 4. The van der Waals surface area contributed by atoms with E-state index in [9.17, 15) is 18.0 Å². The van der Waals surface area contributed by atoms with Gasteiger partial charge in [0, 0.05) is 14.2 Å². The third kappa shape index (κ3) is 3.52. The number of aromatic nitrogens is 2. The van der Waals surface area contributed by atoms with Gasteiger partial charge in [0.25, 0.3) is 0 Å². The Balaban J connectivity index is 1.63. The summed E-state index contributed by atoms with van der Waals surface area (Å²) in [5.41, 5.74) is 1.12. The van der Waals surface area contributed by atoms with Crippen LogP contribution in [0.1, 0.15) is 28.5 Å². The minimum absolute atomic E-state index is 0.106. The Morgan fingerprint density at radius 1 is 1.38 bits per heavy atom. The molecular weight excluding hydrogens is 349 g/mol. The predicted octanol–water partition coefficient (Wildman–Crippen LogP) is 2.55. The number of urea groups is 1. The lowest BCUT2D eigenvalue weighted by Gasteiger charge is -2.21. The SMILES string of the molecule is CO[C@H]1c2ccccc2C[C@H]1NC(=O)NCc1c(C(F)(F)F)cnn1C. The lowest BCUT2D eigenvalue weighted by atomic mass is 10.1. The first-order valence-corrected chi connectivity index (χ1v) is 8.04. The van der Waals surface area contributed by atoms with Gasteiger partial charge in [-0.05, 0) is 17.5 Å². The molecule has 1 aromatic heterocycles. The van der Waals surface area contributed by atoms with Crippen molar-refractivity contribution in [1.82, 2.24) is 20.4 Å². The number of carbonyl (C=O) groups is 1. The van der Waals surface area contributed by atoms with E-state index in [0.29, 0.717) is 6.42 Å². The van der Waals surface area contributed by atoms with Gasteiger partial charge in [0.05, 0.1) is 30.0 Å². The highest BCUT2D eigenvalue weighted by Crippen LogP contribution is 2.34. The summed E-state index contributed by atoms with van der Waals surface area (Å²) in [5.74, 6) is 0. The number of hydrogen-bond donors (Lipinski definition) is 2. The fraction of sp³-hybridized carbons (Fsp3) is 0.412. The summed E-state index contributed by atoms with van der Waals surface area (Å²) in [6, 6.07) is 6.87. The summed E-state index contributed by atoms with van der Waals surface area (Å²) in [7, 11) is 2.96. The van der Waals surface area contributed by atoms with Crippen molar-refractivity contribution in [3.05, 3.63) is 52.8 Å². The van der Waals surface area contributed by atoms with Crippen LogP contribution in [0.4, 0.5) is 18.0 Å². The number of amides is 2. The predicted molar refractivity (Wildman–Crippen MR) is 87.3 cm³/mol. The number of carbonyl (C=O) groups excluding carboxylic acids is 1. The highest BCUT2D eigenvalue weighted by molar-refractivity contribution is 5.74. The number of hydrogen-bond acceptors (Lipinski definition) is 3. The third-order valence-corrected chi connectivity index (χ3v) is 4.52. The molecule has 1 aliphatic carbocycles. The average molecular weight is 368 g/mol. The minimum Gasteiger partial charge on any atom is -0.375 e. The van der Waals surface area contributed by atoms with E-state index in [-0.39, 0.29) is 24.4 Å². The summed E-state index contributed by atoms with van der Waals surface area (Å²) in [5, 5.41) is 8.87. The fourth-order valence-corrected chi connectivity index (χ4v) is 3.27. The van der Waals surface area contributed by atoms with Crippen LogP contribution in [0.5, 0.6) is 0 Å². The van der Waals surface area contributed by atoms with Crippen LogP contribution in [0, 0.1) is 0 Å². The highest BCUT2D eigenvalue weighted by atomic mass is 19.4. The molecular formula is C17H19F3N4O2. The Hall–Kier alpha value is -2.55. The Kier molecular flexibility index (Phi) is 4.90. The zero-order valence-corrected chi connectivity index (χ0v) is 14.3. The van der Waals surface area contributed by atoms with Gasteiger partial charge >= 0.3 is 12.2 Å². The zero-order chi connectivity index (χ0) is 18.9. The van der Waals surface area contributed by atoms with Crippen LogP contribution >= 0.6 is 0 Å². The van der Waals surface area contributed by atoms with Crippen LogP contribution in [0.2, 0.25) is 0 Å². The number of methoxy groups -OCH3 is 1. The van der Waals surface area contributed by atoms with Gasteiger partial charge in [-0.3, -0.25) is 4.68 Å². The molecule has 2 atom stereocenters. The number of nitrogens with zero attached hydrogens (tertiary/aromatic N) is 2. The van der Waals surface area contributed by atoms with Gasteiger partial charge in [0.15, 0.2) is 0 Å². The maximum atomic E-state index is 13.0. The molecule has 140 valence electrons. The van der Waals surface area contributed by atoms with Crippen LogP contribution in [-0.4, -0.2) is 29.0 Å². The monoisotopic (exact) mass is 368 g/mol. The van der Waals surface area contributed by atoms with Crippen molar-refractivity contribution in [2.24, 2.45) is 7.05 Å². The van der Waals surface area contributed by atoms with Crippen LogP contribution < -0.4 is 10.6 Å². The van der Waals surface area contributed by atoms with Crippen LogP contribution in [0.25, 0.3) is 0 Å². The lowest BCUT2D eigenvalue weighted by molar-refractivity contribution is -0.138. The van der Waals surface area contributed by atoms with Crippen molar-refractivity contribution in [1.29, 1.82) is 0 Å². The number of alkyl halides is 3. The van der Waals surface area contributed by atoms with Gasteiger partial charge in [-0.15, -0.1) is 0 Å². The molecule has 0 spiro atoms. The van der Waals surface area contributed by atoms with Crippen LogP contribution in [0.3, 0.4) is 0 Å². The lowest BCUT2D eigenvalue weighted by Crippen LogP contribution is -2.44. The molecule has 0 saturated heterocycles. The molecule has 9 heteroatoms. The molecule has 6 nitrogen and oxygen atoms in total. The Labute approximate surface area is 148 Å². The third-order valence-electron chi connectivity index (χ3n) is 4.52. The van der Waals surface area contributed by atoms with Crippen molar-refractivity contribution >= 4 is 6.03 Å². The first-order chi connectivity index (χ1) is 12.3. The van der Waals surface area contributed by atoms with Gasteiger partial charge in [-0.2, -0.15) is 18.3 Å². The number of ether oxygens (including phenoxy) is 1. The molecule has 0 fully saturated rings. The van der Waals surface area contributed by atoms with Gasteiger partial charge in [-0.1, -0.05) is 24.3 Å². The van der Waals surface area contributed by atoms with Gasteiger partial charge in [0.1, 0.15) is 6.10 Å². The van der Waals surface area contributed by atoms with Gasteiger partial charge < -0.3 is 15.4 Å². The summed E-state index contributed by atoms with van der Waals surface area (Å²) in [4.78, 5) is 12.2. The second kappa shape index (κ2) is 6.99. The van der Waals surface area contributed by atoms with Crippen molar-refractivity contribution in [3.8, 4) is 0 Å². The maximum absolute atomic E-state index is 13.0. The zero-order valence-electron chi connectivity index (χ0n) is 14.3. The molecule has 0 bridgehead atoms. The van der Waals surface area contributed by atoms with Crippen LogP contribution in [0.15, 0.2) is 30.5 Å². The number of benzene rings is 1. The first kappa shape index (κ1) is 18.2. The van der Waals surface area contributed by atoms with Crippen LogP contribution in [-0.2, 0) is 30.9 Å². The summed E-state index contributed by atoms with van der Waals surface area (Å²) >= 11 is 0. The molecule has 2 aromatic rings. The molecule has 0 radical (unpaired) electrons. The second-order valence-electron chi connectivity index (χ2n) is 6.12. The largest absolute Gasteiger partial charge is 0.419 e. The summed E-state index contributed by atoms with van der Waals surface area (Å²) in [6.45, 7) is -0.283. The van der Waals surface area contributed by atoms with Gasteiger partial charge in [-0.25, -0.2) is 4.79 Å². The molecule has 0 saturated carbocycles. The quantitative estimate of drug-likeness (QED) is 0.872. The fourth-order valence-electron chi connectivity index (χ4n) is 3.27. The second-order valence-corrected chi connectivity index (χ2v) is 6.12. The Bertz CT molecular complexity index is 804. The average Bonchev–Trinajstić information content (AvgIpc) is 3.12. The summed E-state index contributed by atoms with van der Waals surface area (Å²) < 4.78 is 45.5. The molecule has 1 aromatic carbocycles. The number of aryl methyl sites for hydroxylation is 1. The molecule has 3 rings (SSSR count). The maximum Gasteiger partial charge on any atom is 0.419 e. The minimum atomic E-state index is -4.52. The first-order valence-electron chi connectivity index (χ1n) is 8.04. The van der Waals surface area contributed by atoms with E-state index in [1.807, 2.05) is 24.3 Å². The molecule has 2 amide bonds. The van der Waals surface area contributed by atoms with E-state index < -0.39 is 17.8 Å². The standard InChI is InChI=1S/C17H19F3N4O2/c1-24-14(12(8-22-24)17(18,19)20)9-21-16(25)23-13-7-10-5-3-4-6-11(10)15(13)26-2/h3-6,8,13,15H,7,9H2,1-2H3,(H2,21,23,25)/t13-,15+/m1/s1. The Morgan fingerprint density at radius 3 is 2.81 bits per heavy atom. The topological polar surface area (TPSA) is 68.2 Å². The molecule has 2 N–H and O–H groups in total. The molecule has 1 heterocycles. The number of nitrogens with one attached hydrogen (secondary N) is 2. The molecule has 26 heavy (non-hydrogen) atoms. The Morgan fingerprint density at radius 2 is 2.12 bits per heavy atom. The van der Waals surface area contributed by atoms with E-state index >= 15 is 0 Å². The highest BCUT2D eigenvalue weighted by Gasteiger charge is 2.36. The molecule has 0 aliphatic heterocycles.